The molecule has 0 aromatic carbocycles. The van der Waals surface area contributed by atoms with E-state index in [0.717, 1.165) is 19.4 Å². The second-order valence-electron chi connectivity index (χ2n) is 8.01. The molecule has 0 aliphatic carbocycles. The van der Waals surface area contributed by atoms with Gasteiger partial charge in [0.15, 0.2) is 0 Å². The number of hydrogen-bond donors (Lipinski definition) is 2. The molecule has 3 atom stereocenters. The highest BCUT2D eigenvalue weighted by Crippen LogP contribution is 2.39. The van der Waals surface area contributed by atoms with Crippen molar-refractivity contribution in [3.8, 4) is 0 Å². The predicted molar refractivity (Wildman–Crippen MR) is 96.2 cm³/mol. The summed E-state index contributed by atoms with van der Waals surface area (Å²) in [6, 6.07) is -0.0379. The fourth-order valence-corrected chi connectivity index (χ4v) is 3.41. The number of amides is 1. The summed E-state index contributed by atoms with van der Waals surface area (Å²) in [5.74, 6) is 0. The van der Waals surface area contributed by atoms with Gasteiger partial charge in [-0.05, 0) is 33.6 Å². The average molecular weight is 355 g/mol. The Morgan fingerprint density at radius 2 is 2.32 bits per heavy atom. The lowest BCUT2D eigenvalue weighted by Crippen LogP contribution is -2.49. The van der Waals surface area contributed by atoms with Crippen LogP contribution in [-0.2, 0) is 14.2 Å². The maximum atomic E-state index is 12.2. The van der Waals surface area contributed by atoms with Gasteiger partial charge >= 0.3 is 6.09 Å². The van der Waals surface area contributed by atoms with E-state index in [-0.39, 0.29) is 23.7 Å². The SMILES string of the molecule is C=CCCOCC(N)N1CC(NC(=O)OC(C)(C)C)C2(CCOC2)C1. The van der Waals surface area contributed by atoms with Gasteiger partial charge in [-0.25, -0.2) is 4.79 Å². The summed E-state index contributed by atoms with van der Waals surface area (Å²) < 4.78 is 16.6. The van der Waals surface area contributed by atoms with Crippen molar-refractivity contribution >= 4 is 6.09 Å². The molecule has 2 fully saturated rings. The van der Waals surface area contributed by atoms with Gasteiger partial charge in [-0.3, -0.25) is 4.90 Å². The number of nitrogens with zero attached hydrogens (tertiary/aromatic N) is 1. The van der Waals surface area contributed by atoms with Crippen LogP contribution in [0.2, 0.25) is 0 Å². The smallest absolute Gasteiger partial charge is 0.407 e. The molecule has 2 aliphatic heterocycles. The lowest BCUT2D eigenvalue weighted by atomic mass is 9.82. The van der Waals surface area contributed by atoms with E-state index in [4.69, 9.17) is 19.9 Å². The van der Waals surface area contributed by atoms with Gasteiger partial charge in [0.2, 0.25) is 0 Å². The molecule has 1 amide bonds. The van der Waals surface area contributed by atoms with Crippen molar-refractivity contribution < 1.29 is 19.0 Å². The highest BCUT2D eigenvalue weighted by molar-refractivity contribution is 5.68. The van der Waals surface area contributed by atoms with Crippen LogP contribution >= 0.6 is 0 Å². The van der Waals surface area contributed by atoms with Gasteiger partial charge in [-0.2, -0.15) is 0 Å². The quantitative estimate of drug-likeness (QED) is 0.531. The molecule has 25 heavy (non-hydrogen) atoms. The molecule has 2 aliphatic rings. The minimum Gasteiger partial charge on any atom is -0.444 e. The number of likely N-dealkylation sites (tertiary alicyclic amines) is 1. The minimum atomic E-state index is -0.517. The van der Waals surface area contributed by atoms with Crippen molar-refractivity contribution in [1.82, 2.24) is 10.2 Å². The van der Waals surface area contributed by atoms with E-state index >= 15 is 0 Å². The molecule has 7 heteroatoms. The largest absolute Gasteiger partial charge is 0.444 e. The maximum absolute atomic E-state index is 12.2. The summed E-state index contributed by atoms with van der Waals surface area (Å²) in [6.45, 7) is 13.2. The van der Waals surface area contributed by atoms with Crippen molar-refractivity contribution in [2.75, 3.05) is 39.5 Å². The Hall–Kier alpha value is -1.15. The van der Waals surface area contributed by atoms with Crippen molar-refractivity contribution in [3.05, 3.63) is 12.7 Å². The van der Waals surface area contributed by atoms with Crippen molar-refractivity contribution in [3.63, 3.8) is 0 Å². The molecular formula is C18H33N3O4. The standard InChI is InChI=1S/C18H33N3O4/c1-5-6-8-23-11-15(19)21-10-14(18(12-21)7-9-24-13-18)20-16(22)25-17(2,3)4/h5,14-15H,1,6-13,19H2,2-4H3,(H,20,22). The number of rotatable bonds is 7. The van der Waals surface area contributed by atoms with Crippen LogP contribution in [0.25, 0.3) is 0 Å². The number of carbonyl (C=O) groups is 1. The minimum absolute atomic E-state index is 0.0379. The second kappa shape index (κ2) is 8.49. The van der Waals surface area contributed by atoms with Crippen molar-refractivity contribution in [2.24, 2.45) is 11.1 Å². The summed E-state index contributed by atoms with van der Waals surface area (Å²) in [4.78, 5) is 14.4. The lowest BCUT2D eigenvalue weighted by Gasteiger charge is -2.30. The third-order valence-electron chi connectivity index (χ3n) is 4.72. The first-order chi connectivity index (χ1) is 11.8. The number of hydrogen-bond acceptors (Lipinski definition) is 6. The van der Waals surface area contributed by atoms with E-state index < -0.39 is 5.60 Å². The summed E-state index contributed by atoms with van der Waals surface area (Å²) >= 11 is 0. The van der Waals surface area contributed by atoms with E-state index in [9.17, 15) is 4.79 Å². The third kappa shape index (κ3) is 5.67. The summed E-state index contributed by atoms with van der Waals surface area (Å²) in [7, 11) is 0. The van der Waals surface area contributed by atoms with Crippen LogP contribution in [0.5, 0.6) is 0 Å². The third-order valence-corrected chi connectivity index (χ3v) is 4.72. The topological polar surface area (TPSA) is 86.1 Å². The first-order valence-corrected chi connectivity index (χ1v) is 9.01. The zero-order valence-corrected chi connectivity index (χ0v) is 15.8. The fourth-order valence-electron chi connectivity index (χ4n) is 3.41. The summed E-state index contributed by atoms with van der Waals surface area (Å²) in [6.07, 6.45) is 2.96. The van der Waals surface area contributed by atoms with Gasteiger partial charge < -0.3 is 25.3 Å². The van der Waals surface area contributed by atoms with Crippen LogP contribution in [0.15, 0.2) is 12.7 Å². The zero-order chi connectivity index (χ0) is 18.5. The van der Waals surface area contributed by atoms with Gasteiger partial charge in [-0.1, -0.05) is 6.08 Å². The summed E-state index contributed by atoms with van der Waals surface area (Å²) in [5.41, 5.74) is 5.68. The number of alkyl carbamates (subject to hydrolysis) is 1. The fraction of sp³-hybridized carbons (Fsp3) is 0.833. The van der Waals surface area contributed by atoms with E-state index in [1.807, 2.05) is 26.8 Å². The highest BCUT2D eigenvalue weighted by atomic mass is 16.6. The molecule has 0 aromatic rings. The molecule has 0 aromatic heterocycles. The first-order valence-electron chi connectivity index (χ1n) is 9.01. The van der Waals surface area contributed by atoms with Crippen LogP contribution in [0, 0.1) is 5.41 Å². The van der Waals surface area contributed by atoms with Crippen LogP contribution < -0.4 is 11.1 Å². The van der Waals surface area contributed by atoms with Crippen LogP contribution in [0.3, 0.4) is 0 Å². The molecule has 2 rings (SSSR count). The molecule has 144 valence electrons. The molecule has 2 heterocycles. The Morgan fingerprint density at radius 1 is 1.56 bits per heavy atom. The average Bonchev–Trinajstić information content (AvgIpc) is 3.11. The normalized spacial score (nSPS) is 28.2. The molecule has 3 unspecified atom stereocenters. The molecule has 0 bridgehead atoms. The predicted octanol–water partition coefficient (Wildman–Crippen LogP) is 1.48. The molecule has 3 N–H and O–H groups in total. The Labute approximate surface area is 150 Å². The highest BCUT2D eigenvalue weighted by Gasteiger charge is 2.51. The Balaban J connectivity index is 1.93. The number of ether oxygens (including phenoxy) is 3. The second-order valence-corrected chi connectivity index (χ2v) is 8.01. The maximum Gasteiger partial charge on any atom is 0.407 e. The van der Waals surface area contributed by atoms with E-state index in [1.165, 1.54) is 0 Å². The molecule has 0 saturated carbocycles. The van der Waals surface area contributed by atoms with Gasteiger partial charge in [0.1, 0.15) is 5.60 Å². The van der Waals surface area contributed by atoms with Crippen molar-refractivity contribution in [2.45, 2.75) is 51.4 Å². The van der Waals surface area contributed by atoms with Gasteiger partial charge in [0.05, 0.1) is 32.0 Å². The summed E-state index contributed by atoms with van der Waals surface area (Å²) in [5, 5.41) is 3.04. The molecule has 2 saturated heterocycles. The van der Waals surface area contributed by atoms with Gasteiger partial charge in [-0.15, -0.1) is 6.58 Å². The Bertz CT molecular complexity index is 458. The van der Waals surface area contributed by atoms with Crippen LogP contribution in [0.1, 0.15) is 33.6 Å². The molecule has 0 radical (unpaired) electrons. The van der Waals surface area contributed by atoms with Crippen LogP contribution in [-0.4, -0.2) is 68.3 Å². The Morgan fingerprint density at radius 3 is 2.92 bits per heavy atom. The van der Waals surface area contributed by atoms with E-state index in [1.54, 1.807) is 0 Å². The van der Waals surface area contributed by atoms with Crippen molar-refractivity contribution in [1.29, 1.82) is 0 Å². The zero-order valence-electron chi connectivity index (χ0n) is 15.8. The monoisotopic (exact) mass is 355 g/mol. The van der Waals surface area contributed by atoms with Gasteiger partial charge in [0, 0.05) is 25.1 Å². The number of nitrogens with two attached hydrogens (primary N) is 1. The van der Waals surface area contributed by atoms with Crippen LogP contribution in [0.4, 0.5) is 4.79 Å². The number of carbonyl (C=O) groups excluding carboxylic acids is 1. The molecule has 7 nitrogen and oxygen atoms in total. The van der Waals surface area contributed by atoms with Gasteiger partial charge in [0.25, 0.3) is 0 Å². The molecule has 1 spiro atoms. The Kier molecular flexibility index (Phi) is 6.85. The van der Waals surface area contributed by atoms with E-state index in [0.29, 0.717) is 33.0 Å². The molecular weight excluding hydrogens is 322 g/mol. The van der Waals surface area contributed by atoms with E-state index in [2.05, 4.69) is 16.8 Å². The first kappa shape index (κ1) is 20.2. The number of nitrogens with one attached hydrogen (secondary N) is 1. The lowest BCUT2D eigenvalue weighted by molar-refractivity contribution is 0.0461.